The van der Waals surface area contributed by atoms with Crippen molar-refractivity contribution in [1.82, 2.24) is 29.7 Å². The molecule has 0 fully saturated rings. The molecule has 5 rings (SSSR count). The quantitative estimate of drug-likeness (QED) is 0.292. The molecule has 0 aliphatic heterocycles. The summed E-state index contributed by atoms with van der Waals surface area (Å²) in [5.74, 6) is 1.31. The third kappa shape index (κ3) is 4.83. The molecule has 36 heavy (non-hydrogen) atoms. The van der Waals surface area contributed by atoms with E-state index >= 15 is 0 Å². The highest BCUT2D eigenvalue weighted by molar-refractivity contribution is 6.30. The Morgan fingerprint density at radius 2 is 1.97 bits per heavy atom. The lowest BCUT2D eigenvalue weighted by molar-refractivity contribution is 0.0972. The number of rotatable bonds is 8. The highest BCUT2D eigenvalue weighted by atomic mass is 35.5. The van der Waals surface area contributed by atoms with E-state index in [0.29, 0.717) is 29.3 Å². The lowest BCUT2D eigenvalue weighted by Gasteiger charge is -2.12. The molecule has 182 valence electrons. The Kier molecular flexibility index (Phi) is 6.47. The number of benzene rings is 1. The summed E-state index contributed by atoms with van der Waals surface area (Å²) in [7, 11) is 1.91. The molecule has 0 spiro atoms. The lowest BCUT2D eigenvalue weighted by Crippen LogP contribution is -2.11. The van der Waals surface area contributed by atoms with Gasteiger partial charge in [-0.15, -0.1) is 0 Å². The average Bonchev–Trinajstić information content (AvgIpc) is 3.44. The van der Waals surface area contributed by atoms with Gasteiger partial charge < -0.3 is 14.4 Å². The van der Waals surface area contributed by atoms with E-state index in [2.05, 4.69) is 30.4 Å². The molecule has 9 nitrogen and oxygen atoms in total. The minimum Gasteiger partial charge on any atom is -0.365 e. The fraction of sp³-hybridized carbons (Fsp3) is 0.231. The third-order valence-corrected chi connectivity index (χ3v) is 6.22. The number of aryl methyl sites for hydroxylation is 4. The molecule has 0 atom stereocenters. The number of pyridine rings is 1. The van der Waals surface area contributed by atoms with E-state index < -0.39 is 0 Å². The molecule has 1 aromatic carbocycles. The van der Waals surface area contributed by atoms with E-state index in [1.165, 1.54) is 0 Å². The first-order chi connectivity index (χ1) is 17.4. The number of carbonyl (C=O) groups excluding carboxylic acids is 1. The Morgan fingerprint density at radius 3 is 2.69 bits per heavy atom. The highest BCUT2D eigenvalue weighted by Crippen LogP contribution is 2.31. The van der Waals surface area contributed by atoms with Gasteiger partial charge in [0.2, 0.25) is 5.78 Å². The lowest BCUT2D eigenvalue weighted by atomic mass is 10.0. The Hall–Kier alpha value is -4.11. The van der Waals surface area contributed by atoms with Gasteiger partial charge in [0, 0.05) is 55.2 Å². The van der Waals surface area contributed by atoms with Crippen LogP contribution in [0.2, 0.25) is 5.02 Å². The van der Waals surface area contributed by atoms with Crippen molar-refractivity contribution in [3.05, 3.63) is 82.7 Å². The van der Waals surface area contributed by atoms with Crippen molar-refractivity contribution in [2.75, 3.05) is 5.32 Å². The van der Waals surface area contributed by atoms with Gasteiger partial charge in [-0.05, 0) is 49.6 Å². The van der Waals surface area contributed by atoms with E-state index in [9.17, 15) is 4.79 Å². The topological polar surface area (TPSA) is 112 Å². The summed E-state index contributed by atoms with van der Waals surface area (Å²) in [6.45, 7) is 4.21. The van der Waals surface area contributed by atoms with Crippen LogP contribution in [0.1, 0.15) is 39.8 Å². The molecule has 4 heterocycles. The number of hydrogen-bond acceptors (Lipinski definition) is 8. The Bertz CT molecular complexity index is 1550. The van der Waals surface area contributed by atoms with Crippen LogP contribution in [0, 0.1) is 13.8 Å². The van der Waals surface area contributed by atoms with Crippen molar-refractivity contribution < 1.29 is 9.32 Å². The number of halogens is 1. The Morgan fingerprint density at radius 1 is 1.11 bits per heavy atom. The zero-order valence-corrected chi connectivity index (χ0v) is 20.9. The second-order valence-electron chi connectivity index (χ2n) is 8.61. The van der Waals surface area contributed by atoms with Crippen LogP contribution < -0.4 is 5.32 Å². The minimum atomic E-state index is -0.139. The summed E-state index contributed by atoms with van der Waals surface area (Å²) in [6, 6.07) is 7.67. The van der Waals surface area contributed by atoms with Crippen LogP contribution in [0.25, 0.3) is 22.0 Å². The van der Waals surface area contributed by atoms with E-state index in [4.69, 9.17) is 16.1 Å². The fourth-order valence-corrected chi connectivity index (χ4v) is 4.35. The normalized spacial score (nSPS) is 11.2. The smallest absolute Gasteiger partial charge is 0.200 e. The molecular formula is C26H24ClN7O2. The van der Waals surface area contributed by atoms with E-state index in [-0.39, 0.29) is 18.0 Å². The molecule has 0 saturated heterocycles. The molecule has 0 amide bonds. The van der Waals surface area contributed by atoms with E-state index in [0.717, 1.165) is 39.2 Å². The summed E-state index contributed by atoms with van der Waals surface area (Å²) < 4.78 is 7.26. The average molecular weight is 502 g/mol. The predicted octanol–water partition coefficient (Wildman–Crippen LogP) is 5.11. The van der Waals surface area contributed by atoms with Crippen molar-refractivity contribution in [3.8, 4) is 11.1 Å². The minimum absolute atomic E-state index is 0.139. The van der Waals surface area contributed by atoms with Gasteiger partial charge in [-0.25, -0.2) is 15.0 Å². The van der Waals surface area contributed by atoms with Gasteiger partial charge in [-0.2, -0.15) is 0 Å². The molecule has 1 N–H and O–H groups in total. The summed E-state index contributed by atoms with van der Waals surface area (Å²) in [5.41, 5.74) is 5.19. The van der Waals surface area contributed by atoms with Gasteiger partial charge in [0.05, 0.1) is 22.6 Å². The standard InChI is InChI=1S/C26H24ClN7O2/c1-15-24(16(2)36-33-15)18-4-6-22-21(9-18)25(30-11-17-8-19(27)12-28-10-17)32-26(31-22)23(35)7-5-20-13-29-14-34(20)3/h4,6,8-10,12-14H,5,7,11H2,1-3H3,(H,30,31,32). The maximum Gasteiger partial charge on any atom is 0.200 e. The van der Waals surface area contributed by atoms with Gasteiger partial charge in [-0.3, -0.25) is 9.78 Å². The van der Waals surface area contributed by atoms with Crippen LogP contribution in [0.15, 0.2) is 53.7 Å². The van der Waals surface area contributed by atoms with Gasteiger partial charge in [0.1, 0.15) is 11.6 Å². The first-order valence-electron chi connectivity index (χ1n) is 11.5. The van der Waals surface area contributed by atoms with Gasteiger partial charge in [0.15, 0.2) is 5.82 Å². The number of nitrogens with one attached hydrogen (secondary N) is 1. The number of carbonyl (C=O) groups is 1. The molecule has 10 heteroatoms. The van der Waals surface area contributed by atoms with Crippen molar-refractivity contribution in [2.45, 2.75) is 33.2 Å². The number of Topliss-reactive ketones (excluding diaryl/α,β-unsaturated/α-hetero) is 1. The van der Waals surface area contributed by atoms with Gasteiger partial charge >= 0.3 is 0 Å². The summed E-state index contributed by atoms with van der Waals surface area (Å²) in [4.78, 5) is 30.6. The van der Waals surface area contributed by atoms with Crippen LogP contribution in [0.4, 0.5) is 5.82 Å². The molecule has 4 aromatic heterocycles. The van der Waals surface area contributed by atoms with Gasteiger partial charge in [-0.1, -0.05) is 22.8 Å². The fourth-order valence-electron chi connectivity index (χ4n) is 4.16. The number of anilines is 1. The van der Waals surface area contributed by atoms with Gasteiger partial charge in [0.25, 0.3) is 0 Å². The number of ketones is 1. The molecule has 0 aliphatic carbocycles. The zero-order chi connectivity index (χ0) is 25.2. The van der Waals surface area contributed by atoms with Crippen LogP contribution in [-0.2, 0) is 20.0 Å². The second-order valence-corrected chi connectivity index (χ2v) is 9.05. The maximum atomic E-state index is 13.1. The first-order valence-corrected chi connectivity index (χ1v) is 11.8. The van der Waals surface area contributed by atoms with Crippen LogP contribution in [0.3, 0.4) is 0 Å². The largest absolute Gasteiger partial charge is 0.365 e. The van der Waals surface area contributed by atoms with Crippen molar-refractivity contribution >= 4 is 34.1 Å². The zero-order valence-electron chi connectivity index (χ0n) is 20.1. The number of aromatic nitrogens is 6. The number of hydrogen-bond donors (Lipinski definition) is 1. The predicted molar refractivity (Wildman–Crippen MR) is 137 cm³/mol. The third-order valence-electron chi connectivity index (χ3n) is 6.01. The number of fused-ring (bicyclic) bond motifs is 1. The van der Waals surface area contributed by atoms with Crippen molar-refractivity contribution in [1.29, 1.82) is 0 Å². The van der Waals surface area contributed by atoms with Crippen molar-refractivity contribution in [3.63, 3.8) is 0 Å². The molecule has 0 aliphatic rings. The van der Waals surface area contributed by atoms with Crippen LogP contribution in [-0.4, -0.2) is 35.4 Å². The molecular weight excluding hydrogens is 478 g/mol. The van der Waals surface area contributed by atoms with E-state index in [1.807, 2.05) is 49.7 Å². The summed E-state index contributed by atoms with van der Waals surface area (Å²) >= 11 is 6.10. The van der Waals surface area contributed by atoms with E-state index in [1.54, 1.807) is 24.9 Å². The highest BCUT2D eigenvalue weighted by Gasteiger charge is 2.18. The molecule has 5 aromatic rings. The maximum absolute atomic E-state index is 13.1. The SMILES string of the molecule is Cc1noc(C)c1-c1ccc2nc(C(=O)CCc3cncn3C)nc(NCc3cncc(Cl)c3)c2c1. The van der Waals surface area contributed by atoms with Crippen molar-refractivity contribution in [2.24, 2.45) is 7.05 Å². The molecule has 0 bridgehead atoms. The summed E-state index contributed by atoms with van der Waals surface area (Å²) in [5, 5.41) is 8.76. The molecule has 0 saturated carbocycles. The second kappa shape index (κ2) is 9.87. The van der Waals surface area contributed by atoms with Crippen LogP contribution >= 0.6 is 11.6 Å². The number of imidazole rings is 1. The number of nitrogens with zero attached hydrogens (tertiary/aromatic N) is 6. The Balaban J connectivity index is 1.52. The molecule has 0 radical (unpaired) electrons. The summed E-state index contributed by atoms with van der Waals surface area (Å²) in [6.07, 6.45) is 7.63. The first kappa shape index (κ1) is 23.6. The molecule has 0 unspecified atom stereocenters. The monoisotopic (exact) mass is 501 g/mol. The Labute approximate surface area is 212 Å². The van der Waals surface area contributed by atoms with Crippen LogP contribution in [0.5, 0.6) is 0 Å².